The number of hydrogen-bond donors (Lipinski definition) is 1. The molecule has 1 aliphatic carbocycles. The Morgan fingerprint density at radius 3 is 2.86 bits per heavy atom. The highest BCUT2D eigenvalue weighted by atomic mass is 79.9. The molecule has 1 saturated heterocycles. The lowest BCUT2D eigenvalue weighted by Crippen LogP contribution is -2.53. The number of hydrogen-bond acceptors (Lipinski definition) is 5. The van der Waals surface area contributed by atoms with Crippen LogP contribution in [0.5, 0.6) is 0 Å². The van der Waals surface area contributed by atoms with Gasteiger partial charge in [0.2, 0.25) is 0 Å². The lowest BCUT2D eigenvalue weighted by Gasteiger charge is -2.40. The van der Waals surface area contributed by atoms with E-state index < -0.39 is 4.32 Å². The van der Waals surface area contributed by atoms with E-state index in [4.69, 9.17) is 4.99 Å². The van der Waals surface area contributed by atoms with E-state index in [1.807, 2.05) is 0 Å². The van der Waals surface area contributed by atoms with E-state index >= 15 is 0 Å². The van der Waals surface area contributed by atoms with Crippen molar-refractivity contribution in [3.8, 4) is 6.07 Å². The standard InChI is InChI=1S/C15H17Br2N5/c16-11-8-10-2-1-5-22-12(10)13(15(11,17)9-18)20-14(22)21-6-3-19-4-7-21/h8,14,19H,1-7H2. The molecule has 1 N–H and O–H groups in total. The maximum absolute atomic E-state index is 9.71. The molecule has 4 rings (SSSR count). The number of piperazine rings is 1. The first-order chi connectivity index (χ1) is 10.6. The molecule has 3 aliphatic heterocycles. The van der Waals surface area contributed by atoms with Crippen molar-refractivity contribution in [3.05, 3.63) is 21.8 Å². The van der Waals surface area contributed by atoms with Crippen LogP contribution in [0.1, 0.15) is 12.8 Å². The van der Waals surface area contributed by atoms with Gasteiger partial charge in [-0.3, -0.25) is 4.90 Å². The summed E-state index contributed by atoms with van der Waals surface area (Å²) >= 11 is 7.21. The molecular formula is C15H17Br2N5. The van der Waals surface area contributed by atoms with Gasteiger partial charge in [-0.2, -0.15) is 5.26 Å². The summed E-state index contributed by atoms with van der Waals surface area (Å²) in [7, 11) is 0. The zero-order chi connectivity index (χ0) is 15.3. The van der Waals surface area contributed by atoms with Crippen molar-refractivity contribution in [3.63, 3.8) is 0 Å². The van der Waals surface area contributed by atoms with Gasteiger partial charge in [0, 0.05) is 37.2 Å². The van der Waals surface area contributed by atoms with Crippen LogP contribution >= 0.6 is 31.9 Å². The van der Waals surface area contributed by atoms with E-state index in [0.717, 1.165) is 55.8 Å². The Balaban J connectivity index is 1.79. The fourth-order valence-corrected chi connectivity index (χ4v) is 4.63. The molecule has 2 atom stereocenters. The minimum Gasteiger partial charge on any atom is -0.335 e. The van der Waals surface area contributed by atoms with Gasteiger partial charge < -0.3 is 10.2 Å². The number of halogens is 2. The van der Waals surface area contributed by atoms with Crippen molar-refractivity contribution in [1.29, 1.82) is 5.26 Å². The Kier molecular flexibility index (Phi) is 3.68. The zero-order valence-corrected chi connectivity index (χ0v) is 15.3. The summed E-state index contributed by atoms with van der Waals surface area (Å²) in [5.74, 6) is 0. The number of allylic oxidation sites excluding steroid dienone is 4. The highest BCUT2D eigenvalue weighted by molar-refractivity contribution is 9.14. The van der Waals surface area contributed by atoms with E-state index in [2.05, 4.69) is 59.1 Å². The van der Waals surface area contributed by atoms with Crippen molar-refractivity contribution < 1.29 is 0 Å². The van der Waals surface area contributed by atoms with Crippen LogP contribution in [0.15, 0.2) is 26.8 Å². The van der Waals surface area contributed by atoms with Crippen LogP contribution in [0.4, 0.5) is 0 Å². The summed E-state index contributed by atoms with van der Waals surface area (Å²) < 4.78 is 0.0207. The molecule has 0 aromatic rings. The molecule has 0 amide bonds. The molecule has 0 aromatic heterocycles. The van der Waals surface area contributed by atoms with E-state index in [9.17, 15) is 5.26 Å². The van der Waals surface area contributed by atoms with Gasteiger partial charge in [-0.25, -0.2) is 4.99 Å². The van der Waals surface area contributed by atoms with Crippen LogP contribution in [0, 0.1) is 11.3 Å². The Morgan fingerprint density at radius 1 is 1.36 bits per heavy atom. The molecule has 22 heavy (non-hydrogen) atoms. The molecule has 0 radical (unpaired) electrons. The van der Waals surface area contributed by atoms with Gasteiger partial charge >= 0.3 is 0 Å². The van der Waals surface area contributed by atoms with E-state index in [0.29, 0.717) is 0 Å². The summed E-state index contributed by atoms with van der Waals surface area (Å²) in [4.78, 5) is 9.80. The number of rotatable bonds is 1. The van der Waals surface area contributed by atoms with Gasteiger partial charge in [-0.1, -0.05) is 31.9 Å². The van der Waals surface area contributed by atoms with Crippen LogP contribution in [0.25, 0.3) is 0 Å². The quantitative estimate of drug-likeness (QED) is 0.651. The maximum Gasteiger partial charge on any atom is 0.186 e. The topological polar surface area (TPSA) is 54.7 Å². The summed E-state index contributed by atoms with van der Waals surface area (Å²) in [5.41, 5.74) is 3.36. The lowest BCUT2D eigenvalue weighted by atomic mass is 9.88. The normalized spacial score (nSPS) is 35.0. The van der Waals surface area contributed by atoms with Gasteiger partial charge in [0.1, 0.15) is 0 Å². The second-order valence-corrected chi connectivity index (χ2v) is 8.09. The third-order valence-electron chi connectivity index (χ3n) is 4.77. The molecule has 1 fully saturated rings. The van der Waals surface area contributed by atoms with Crippen molar-refractivity contribution >= 4 is 37.6 Å². The van der Waals surface area contributed by atoms with Gasteiger partial charge in [0.15, 0.2) is 10.6 Å². The summed E-state index contributed by atoms with van der Waals surface area (Å²) in [6, 6.07) is 2.39. The largest absolute Gasteiger partial charge is 0.335 e. The molecule has 0 bridgehead atoms. The predicted molar refractivity (Wildman–Crippen MR) is 92.9 cm³/mol. The number of alkyl halides is 1. The number of aliphatic imine (C=N–C) groups is 1. The van der Waals surface area contributed by atoms with Crippen LogP contribution in [-0.4, -0.2) is 58.8 Å². The van der Waals surface area contributed by atoms with Crippen molar-refractivity contribution in [1.82, 2.24) is 15.1 Å². The SMILES string of the molecule is N#CC1(Br)C(Br)=CC2=C3C1=NC(N1CCNCC1)N3CCC2. The minimum absolute atomic E-state index is 0.0412. The Labute approximate surface area is 147 Å². The molecular weight excluding hydrogens is 410 g/mol. The Hall–Kier alpha value is -0.680. The predicted octanol–water partition coefficient (Wildman–Crippen LogP) is 1.93. The summed E-state index contributed by atoms with van der Waals surface area (Å²) in [5, 5.41) is 13.1. The first-order valence-corrected chi connectivity index (χ1v) is 9.25. The van der Waals surface area contributed by atoms with Gasteiger partial charge in [0.25, 0.3) is 0 Å². The first-order valence-electron chi connectivity index (χ1n) is 7.66. The van der Waals surface area contributed by atoms with E-state index in [-0.39, 0.29) is 6.29 Å². The monoisotopic (exact) mass is 425 g/mol. The second-order valence-electron chi connectivity index (χ2n) is 6.04. The summed E-state index contributed by atoms with van der Waals surface area (Å²) in [6.07, 6.45) is 4.35. The third-order valence-corrected chi connectivity index (χ3v) is 7.11. The molecule has 7 heteroatoms. The molecule has 3 heterocycles. The average Bonchev–Trinajstić information content (AvgIpc) is 2.95. The van der Waals surface area contributed by atoms with E-state index in [1.165, 1.54) is 11.3 Å². The molecule has 0 saturated carbocycles. The molecule has 116 valence electrons. The van der Waals surface area contributed by atoms with Crippen LogP contribution in [0.3, 0.4) is 0 Å². The Bertz CT molecular complexity index is 641. The first kappa shape index (κ1) is 14.9. The zero-order valence-electron chi connectivity index (χ0n) is 12.1. The van der Waals surface area contributed by atoms with Crippen molar-refractivity contribution in [2.75, 3.05) is 32.7 Å². The van der Waals surface area contributed by atoms with Crippen LogP contribution < -0.4 is 5.32 Å². The number of nitriles is 1. The average molecular weight is 427 g/mol. The third kappa shape index (κ3) is 2.04. The smallest absolute Gasteiger partial charge is 0.186 e. The molecule has 0 aromatic carbocycles. The minimum atomic E-state index is -0.843. The highest BCUT2D eigenvalue weighted by Crippen LogP contribution is 2.47. The molecule has 0 spiro atoms. The summed E-state index contributed by atoms with van der Waals surface area (Å²) in [6.45, 7) is 5.01. The molecule has 2 unspecified atom stereocenters. The van der Waals surface area contributed by atoms with Crippen molar-refractivity contribution in [2.24, 2.45) is 4.99 Å². The lowest BCUT2D eigenvalue weighted by molar-refractivity contribution is 0.0715. The fraction of sp³-hybridized carbons (Fsp3) is 0.600. The maximum atomic E-state index is 9.71. The highest BCUT2D eigenvalue weighted by Gasteiger charge is 2.50. The fourth-order valence-electron chi connectivity index (χ4n) is 3.68. The van der Waals surface area contributed by atoms with Crippen LogP contribution in [-0.2, 0) is 0 Å². The van der Waals surface area contributed by atoms with E-state index in [1.54, 1.807) is 0 Å². The van der Waals surface area contributed by atoms with Crippen LogP contribution in [0.2, 0.25) is 0 Å². The number of nitrogens with zero attached hydrogens (tertiary/aromatic N) is 4. The van der Waals surface area contributed by atoms with Gasteiger partial charge in [-0.05, 0) is 24.5 Å². The number of nitrogens with one attached hydrogen (secondary N) is 1. The van der Waals surface area contributed by atoms with Gasteiger partial charge in [-0.15, -0.1) is 0 Å². The molecule has 4 aliphatic rings. The van der Waals surface area contributed by atoms with Crippen molar-refractivity contribution in [2.45, 2.75) is 23.5 Å². The Morgan fingerprint density at radius 2 is 2.14 bits per heavy atom. The molecule has 5 nitrogen and oxygen atoms in total. The van der Waals surface area contributed by atoms with Gasteiger partial charge in [0.05, 0.1) is 17.5 Å². The second kappa shape index (κ2) is 5.45.